The van der Waals surface area contributed by atoms with E-state index in [9.17, 15) is 0 Å². The van der Waals surface area contributed by atoms with Gasteiger partial charge in [-0.1, -0.05) is 0 Å². The third-order valence-electron chi connectivity index (χ3n) is 0. The highest BCUT2D eigenvalue weighted by Crippen LogP contribution is 2.26. The first-order chi connectivity index (χ1) is 4.00. The van der Waals surface area contributed by atoms with Gasteiger partial charge >= 0.3 is 41.6 Å². The van der Waals surface area contributed by atoms with E-state index in [2.05, 4.69) is 0 Å². The van der Waals surface area contributed by atoms with Gasteiger partial charge in [0, 0.05) is 0 Å². The third-order valence-corrected chi connectivity index (χ3v) is 0. The molecule has 0 spiro atoms. The molecule has 12 heteroatoms. The Morgan fingerprint density at radius 2 is 0.750 bits per heavy atom. The molecule has 0 aromatic rings. The molecular formula is H13MgNO8P2+2. The zero-order valence-corrected chi connectivity index (χ0v) is 6.89. The smallest absolute Gasteiger partial charge is 0.344 e. The molecular weight excluding hydrogens is 228 g/mol. The molecule has 0 saturated heterocycles. The van der Waals surface area contributed by atoms with Crippen LogP contribution in [0.1, 0.15) is 2.85 Å². The highest BCUT2D eigenvalue weighted by Gasteiger charge is 2.00. The van der Waals surface area contributed by atoms with Crippen LogP contribution in [-0.4, -0.2) is 52.4 Å². The third kappa shape index (κ3) is 1210. The van der Waals surface area contributed by atoms with Gasteiger partial charge in [-0.05, 0) is 0 Å². The molecule has 76 valence electrons. The van der Waals surface area contributed by atoms with Gasteiger partial charge < -0.3 is 35.5 Å². The SMILES string of the molecule is N.O=P(O)(O)O.O=P(O)(O)O.[H+].[H+].[MgH2]. The molecule has 9 nitrogen and oxygen atoms in total. The summed E-state index contributed by atoms with van der Waals surface area (Å²) in [5, 5.41) is 0. The Morgan fingerprint density at radius 3 is 0.750 bits per heavy atom. The summed E-state index contributed by atoms with van der Waals surface area (Å²) >= 11 is 0. The first-order valence-electron chi connectivity index (χ1n) is 1.57. The molecule has 0 aromatic carbocycles. The van der Waals surface area contributed by atoms with Crippen molar-refractivity contribution in [1.82, 2.24) is 6.15 Å². The van der Waals surface area contributed by atoms with Crippen LogP contribution in [-0.2, 0) is 9.13 Å². The summed E-state index contributed by atoms with van der Waals surface area (Å²) in [7, 11) is -9.28. The van der Waals surface area contributed by atoms with Gasteiger partial charge in [0.1, 0.15) is 0 Å². The Labute approximate surface area is 86.6 Å². The van der Waals surface area contributed by atoms with Crippen LogP contribution in [0, 0.1) is 0 Å². The van der Waals surface area contributed by atoms with E-state index in [1.54, 1.807) is 0 Å². The molecule has 0 radical (unpaired) electrons. The minimum Gasteiger partial charge on any atom is -0.344 e. The Kier molecular flexibility index (Phi) is 16.4. The summed E-state index contributed by atoms with van der Waals surface area (Å²) < 4.78 is 17.8. The fraction of sp³-hybridized carbons (Fsp3) is 0. The van der Waals surface area contributed by atoms with Crippen LogP contribution in [0.2, 0.25) is 0 Å². The van der Waals surface area contributed by atoms with E-state index in [4.69, 9.17) is 38.5 Å². The molecule has 12 heavy (non-hydrogen) atoms. The topological polar surface area (TPSA) is 191 Å². The Bertz CT molecular complexity index is 138. The fourth-order valence-corrected chi connectivity index (χ4v) is 0. The van der Waals surface area contributed by atoms with Gasteiger partial charge in [0.05, 0.1) is 0 Å². The summed E-state index contributed by atoms with van der Waals surface area (Å²) in [6.07, 6.45) is 0. The van der Waals surface area contributed by atoms with Gasteiger partial charge in [-0.15, -0.1) is 0 Å². The molecule has 0 saturated carbocycles. The van der Waals surface area contributed by atoms with Gasteiger partial charge in [-0.2, -0.15) is 0 Å². The molecule has 0 rings (SSSR count). The molecule has 0 aliphatic heterocycles. The van der Waals surface area contributed by atoms with Crippen LogP contribution in [0.25, 0.3) is 0 Å². The standard InChI is InChI=1S/Mg.H3N.2H3O4P.2H/c;;2*1-5(2,3)4;;/h;1H3;2*(H3,1,2,3,4);;/p+2. The normalized spacial score (nSPS) is 9.83. The number of hydrogen-bond acceptors (Lipinski definition) is 3. The molecule has 0 unspecified atom stereocenters. The minimum absolute atomic E-state index is 0. The summed E-state index contributed by atoms with van der Waals surface area (Å²) in [6.45, 7) is 0. The average Bonchev–Trinajstić information content (AvgIpc) is 1.12. The molecule has 0 amide bonds. The molecule has 9 N–H and O–H groups in total. The lowest BCUT2D eigenvalue weighted by Gasteiger charge is -1.82. The summed E-state index contributed by atoms with van der Waals surface area (Å²) in [5.41, 5.74) is 0. The fourth-order valence-electron chi connectivity index (χ4n) is 0. The predicted octanol–water partition coefficient (Wildman–Crippen LogP) is -2.39. The van der Waals surface area contributed by atoms with E-state index < -0.39 is 15.6 Å². The predicted molar refractivity (Wildman–Crippen MR) is 44.3 cm³/mol. The molecule has 0 aromatic heterocycles. The van der Waals surface area contributed by atoms with Crippen molar-refractivity contribution < 1.29 is 41.3 Å². The molecule has 0 fully saturated rings. The van der Waals surface area contributed by atoms with Crippen molar-refractivity contribution in [3.8, 4) is 0 Å². The summed E-state index contributed by atoms with van der Waals surface area (Å²) in [4.78, 5) is 43.1. The summed E-state index contributed by atoms with van der Waals surface area (Å²) in [5.74, 6) is 0. The van der Waals surface area contributed by atoms with E-state index in [1.165, 1.54) is 0 Å². The van der Waals surface area contributed by atoms with Gasteiger partial charge in [-0.25, -0.2) is 9.13 Å². The second-order valence-corrected chi connectivity index (χ2v) is 3.08. The lowest BCUT2D eigenvalue weighted by molar-refractivity contribution is 0.272. The number of rotatable bonds is 0. The van der Waals surface area contributed by atoms with Crippen molar-refractivity contribution in [1.29, 1.82) is 0 Å². The van der Waals surface area contributed by atoms with Crippen LogP contribution < -0.4 is 6.15 Å². The largest absolute Gasteiger partial charge is 1.00 e. The lowest BCUT2D eigenvalue weighted by atomic mass is 14.0. The molecule has 0 aliphatic carbocycles. The van der Waals surface area contributed by atoms with E-state index in [-0.39, 0.29) is 32.1 Å². The Morgan fingerprint density at radius 1 is 0.750 bits per heavy atom. The number of phosphoric acid groups is 2. The van der Waals surface area contributed by atoms with Gasteiger partial charge in [-0.3, -0.25) is 0 Å². The molecule has 0 heterocycles. The zero-order chi connectivity index (χ0) is 9.00. The first kappa shape index (κ1) is 23.1. The maximum Gasteiger partial charge on any atom is 1.00 e. The zero-order valence-electron chi connectivity index (χ0n) is 7.10. The van der Waals surface area contributed by atoms with E-state index in [0.717, 1.165) is 0 Å². The molecule has 0 aliphatic rings. The van der Waals surface area contributed by atoms with Crippen LogP contribution in [0.5, 0.6) is 0 Å². The van der Waals surface area contributed by atoms with E-state index in [0.29, 0.717) is 0 Å². The van der Waals surface area contributed by atoms with Crippen LogP contribution in [0.15, 0.2) is 0 Å². The van der Waals surface area contributed by atoms with Crippen LogP contribution in [0.4, 0.5) is 0 Å². The lowest BCUT2D eigenvalue weighted by Crippen LogP contribution is -1.66. The van der Waals surface area contributed by atoms with Crippen molar-refractivity contribution in [2.45, 2.75) is 0 Å². The van der Waals surface area contributed by atoms with E-state index in [1.807, 2.05) is 0 Å². The van der Waals surface area contributed by atoms with Crippen molar-refractivity contribution in [3.05, 3.63) is 0 Å². The summed E-state index contributed by atoms with van der Waals surface area (Å²) in [6, 6.07) is 0. The van der Waals surface area contributed by atoms with Crippen molar-refractivity contribution in [2.75, 3.05) is 0 Å². The van der Waals surface area contributed by atoms with Gasteiger partial charge in [0.2, 0.25) is 0 Å². The van der Waals surface area contributed by atoms with E-state index >= 15 is 0 Å². The average molecular weight is 241 g/mol. The maximum atomic E-state index is 8.88. The van der Waals surface area contributed by atoms with Crippen molar-refractivity contribution >= 4 is 38.7 Å². The van der Waals surface area contributed by atoms with Crippen molar-refractivity contribution in [2.24, 2.45) is 0 Å². The van der Waals surface area contributed by atoms with Gasteiger partial charge in [0.25, 0.3) is 0 Å². The second-order valence-electron chi connectivity index (χ2n) is 1.03. The van der Waals surface area contributed by atoms with Crippen LogP contribution in [0.3, 0.4) is 0 Å². The monoisotopic (exact) mass is 241 g/mol. The number of hydrogen-bond donors (Lipinski definition) is 7. The minimum atomic E-state index is -4.64. The Hall–Kier alpha value is 0.946. The van der Waals surface area contributed by atoms with Gasteiger partial charge in [0.15, 0.2) is 0 Å². The van der Waals surface area contributed by atoms with Crippen molar-refractivity contribution in [3.63, 3.8) is 0 Å². The molecule has 0 atom stereocenters. The van der Waals surface area contributed by atoms with Crippen LogP contribution >= 0.6 is 15.6 Å². The first-order valence-corrected chi connectivity index (χ1v) is 4.70. The quantitative estimate of drug-likeness (QED) is 0.179. The maximum absolute atomic E-state index is 8.88. The highest BCUT2D eigenvalue weighted by molar-refractivity contribution is 7.45. The molecule has 0 bridgehead atoms. The second kappa shape index (κ2) is 8.54. The highest BCUT2D eigenvalue weighted by atomic mass is 31.2. The Balaban J connectivity index is -0.0000000178.